The lowest BCUT2D eigenvalue weighted by atomic mass is 9.74. The minimum Gasteiger partial charge on any atom is -0.444 e. The predicted octanol–water partition coefficient (Wildman–Crippen LogP) is 4.29. The number of benzene rings is 1. The van der Waals surface area contributed by atoms with E-state index < -0.39 is 5.60 Å². The van der Waals surface area contributed by atoms with Crippen LogP contribution in [0, 0.1) is 6.92 Å². The van der Waals surface area contributed by atoms with Crippen LogP contribution in [0.2, 0.25) is 0 Å². The summed E-state index contributed by atoms with van der Waals surface area (Å²) in [5.74, 6) is 0. The number of allylic oxidation sites excluding steroid dienone is 1. The molecule has 22 heavy (non-hydrogen) atoms. The van der Waals surface area contributed by atoms with Crippen molar-refractivity contribution in [3.05, 3.63) is 41.0 Å². The summed E-state index contributed by atoms with van der Waals surface area (Å²) in [5.41, 5.74) is 3.74. The SMILES string of the molecule is Cc1ccc2c(c1)C=CC21CCN(C(=O)OC(C)(C)C)CC1. The number of nitrogens with zero attached hydrogens (tertiary/aromatic N) is 1. The van der Waals surface area contributed by atoms with Crippen molar-refractivity contribution >= 4 is 12.2 Å². The van der Waals surface area contributed by atoms with Gasteiger partial charge in [0.2, 0.25) is 0 Å². The Morgan fingerprint density at radius 1 is 1.23 bits per heavy atom. The molecule has 0 unspecified atom stereocenters. The van der Waals surface area contributed by atoms with Crippen LogP contribution in [0.4, 0.5) is 4.79 Å². The van der Waals surface area contributed by atoms with Crippen molar-refractivity contribution in [2.75, 3.05) is 13.1 Å². The fourth-order valence-electron chi connectivity index (χ4n) is 3.46. The fourth-order valence-corrected chi connectivity index (χ4v) is 3.46. The van der Waals surface area contributed by atoms with E-state index in [4.69, 9.17) is 4.74 Å². The van der Waals surface area contributed by atoms with Gasteiger partial charge in [0.25, 0.3) is 0 Å². The second kappa shape index (κ2) is 5.15. The maximum Gasteiger partial charge on any atom is 0.410 e. The van der Waals surface area contributed by atoms with Gasteiger partial charge >= 0.3 is 6.09 Å². The number of ether oxygens (including phenoxy) is 1. The zero-order valence-corrected chi connectivity index (χ0v) is 14.0. The Morgan fingerprint density at radius 3 is 2.55 bits per heavy atom. The first-order valence-electron chi connectivity index (χ1n) is 8.07. The van der Waals surface area contributed by atoms with Crippen molar-refractivity contribution in [2.24, 2.45) is 0 Å². The Kier molecular flexibility index (Phi) is 3.54. The molecule has 1 aromatic carbocycles. The first-order valence-corrected chi connectivity index (χ1v) is 8.07. The van der Waals surface area contributed by atoms with E-state index in [2.05, 4.69) is 37.3 Å². The number of amides is 1. The Balaban J connectivity index is 1.71. The molecule has 1 aliphatic carbocycles. The van der Waals surface area contributed by atoms with Gasteiger partial charge in [-0.1, -0.05) is 35.9 Å². The van der Waals surface area contributed by atoms with Crippen molar-refractivity contribution in [3.8, 4) is 0 Å². The van der Waals surface area contributed by atoms with Gasteiger partial charge in [-0.15, -0.1) is 0 Å². The van der Waals surface area contributed by atoms with E-state index in [-0.39, 0.29) is 11.5 Å². The summed E-state index contributed by atoms with van der Waals surface area (Å²) in [5, 5.41) is 0. The van der Waals surface area contributed by atoms with Crippen molar-refractivity contribution < 1.29 is 9.53 Å². The maximum absolute atomic E-state index is 12.2. The van der Waals surface area contributed by atoms with Crippen molar-refractivity contribution in [1.82, 2.24) is 4.90 Å². The number of fused-ring (bicyclic) bond motifs is 2. The Bertz CT molecular complexity index is 617. The molecule has 1 saturated heterocycles. The molecule has 118 valence electrons. The lowest BCUT2D eigenvalue weighted by molar-refractivity contribution is 0.0184. The van der Waals surface area contributed by atoms with E-state index in [0.717, 1.165) is 25.9 Å². The first-order chi connectivity index (χ1) is 10.3. The topological polar surface area (TPSA) is 29.5 Å². The number of likely N-dealkylation sites (tertiary alicyclic amines) is 1. The highest BCUT2D eigenvalue weighted by Crippen LogP contribution is 2.44. The summed E-state index contributed by atoms with van der Waals surface area (Å²) < 4.78 is 5.48. The second-order valence-corrected chi connectivity index (χ2v) is 7.55. The molecule has 3 rings (SSSR count). The first kappa shape index (κ1) is 15.1. The molecule has 2 aliphatic rings. The number of hydrogen-bond donors (Lipinski definition) is 0. The van der Waals surface area contributed by atoms with Gasteiger partial charge in [-0.05, 0) is 51.7 Å². The summed E-state index contributed by atoms with van der Waals surface area (Å²) in [4.78, 5) is 14.0. The summed E-state index contributed by atoms with van der Waals surface area (Å²) in [6.07, 6.45) is 6.33. The molecule has 1 aromatic rings. The zero-order chi connectivity index (χ0) is 16.0. The number of carbonyl (C=O) groups is 1. The lowest BCUT2D eigenvalue weighted by Crippen LogP contribution is -2.45. The third kappa shape index (κ3) is 2.77. The van der Waals surface area contributed by atoms with Crippen LogP contribution >= 0.6 is 0 Å². The Hall–Kier alpha value is -1.77. The molecular weight excluding hydrogens is 274 g/mol. The molecule has 3 heteroatoms. The van der Waals surface area contributed by atoms with Crippen LogP contribution < -0.4 is 0 Å². The van der Waals surface area contributed by atoms with Gasteiger partial charge in [0.1, 0.15) is 5.60 Å². The fraction of sp³-hybridized carbons (Fsp3) is 0.526. The van der Waals surface area contributed by atoms with Crippen LogP contribution in [0.5, 0.6) is 0 Å². The summed E-state index contributed by atoms with van der Waals surface area (Å²) in [6, 6.07) is 6.70. The molecule has 0 bridgehead atoms. The van der Waals surface area contributed by atoms with E-state index in [1.54, 1.807) is 0 Å². The molecule has 1 spiro atoms. The molecule has 1 amide bonds. The highest BCUT2D eigenvalue weighted by molar-refractivity contribution is 5.70. The number of rotatable bonds is 0. The van der Waals surface area contributed by atoms with Crippen LogP contribution in [0.25, 0.3) is 6.08 Å². The molecule has 0 atom stereocenters. The third-order valence-electron chi connectivity index (χ3n) is 4.63. The molecule has 3 nitrogen and oxygen atoms in total. The number of hydrogen-bond acceptors (Lipinski definition) is 2. The summed E-state index contributed by atoms with van der Waals surface area (Å²) in [7, 11) is 0. The molecule has 0 aromatic heterocycles. The van der Waals surface area contributed by atoms with E-state index >= 15 is 0 Å². The Morgan fingerprint density at radius 2 is 1.91 bits per heavy atom. The van der Waals surface area contributed by atoms with E-state index in [1.807, 2.05) is 25.7 Å². The summed E-state index contributed by atoms with van der Waals surface area (Å²) >= 11 is 0. The van der Waals surface area contributed by atoms with Gasteiger partial charge in [-0.3, -0.25) is 0 Å². The van der Waals surface area contributed by atoms with Gasteiger partial charge < -0.3 is 9.64 Å². The minimum absolute atomic E-state index is 0.113. The van der Waals surface area contributed by atoms with Crippen LogP contribution in [0.1, 0.15) is 50.3 Å². The normalized spacial score (nSPS) is 19.4. The Labute approximate surface area is 133 Å². The van der Waals surface area contributed by atoms with Crippen LogP contribution in [0.3, 0.4) is 0 Å². The predicted molar refractivity (Wildman–Crippen MR) is 88.9 cm³/mol. The van der Waals surface area contributed by atoms with Gasteiger partial charge in [-0.25, -0.2) is 4.79 Å². The molecule has 0 N–H and O–H groups in total. The van der Waals surface area contributed by atoms with Crippen LogP contribution in [-0.2, 0) is 10.2 Å². The van der Waals surface area contributed by atoms with Crippen molar-refractivity contribution in [3.63, 3.8) is 0 Å². The average molecular weight is 299 g/mol. The number of carbonyl (C=O) groups excluding carboxylic acids is 1. The van der Waals surface area contributed by atoms with Crippen molar-refractivity contribution in [2.45, 2.75) is 51.6 Å². The minimum atomic E-state index is -0.427. The largest absolute Gasteiger partial charge is 0.444 e. The highest BCUT2D eigenvalue weighted by Gasteiger charge is 2.39. The maximum atomic E-state index is 12.2. The molecule has 0 saturated carbocycles. The summed E-state index contributed by atoms with van der Waals surface area (Å²) in [6.45, 7) is 9.38. The highest BCUT2D eigenvalue weighted by atomic mass is 16.6. The number of aryl methyl sites for hydroxylation is 1. The monoisotopic (exact) mass is 299 g/mol. The molecular formula is C19H25NO2. The van der Waals surface area contributed by atoms with Gasteiger partial charge in [-0.2, -0.15) is 0 Å². The van der Waals surface area contributed by atoms with Crippen LogP contribution in [-0.4, -0.2) is 29.7 Å². The van der Waals surface area contributed by atoms with Gasteiger partial charge in [0.15, 0.2) is 0 Å². The van der Waals surface area contributed by atoms with Gasteiger partial charge in [0.05, 0.1) is 0 Å². The van der Waals surface area contributed by atoms with E-state index in [9.17, 15) is 4.79 Å². The molecule has 0 radical (unpaired) electrons. The van der Waals surface area contributed by atoms with Crippen LogP contribution in [0.15, 0.2) is 24.3 Å². The molecule has 1 heterocycles. The average Bonchev–Trinajstić information content (AvgIpc) is 2.76. The van der Waals surface area contributed by atoms with Crippen molar-refractivity contribution in [1.29, 1.82) is 0 Å². The third-order valence-corrected chi connectivity index (χ3v) is 4.63. The number of piperidine rings is 1. The van der Waals surface area contributed by atoms with E-state index in [0.29, 0.717) is 0 Å². The quantitative estimate of drug-likeness (QED) is 0.715. The second-order valence-electron chi connectivity index (χ2n) is 7.55. The zero-order valence-electron chi connectivity index (χ0n) is 14.0. The molecule has 1 aliphatic heterocycles. The smallest absolute Gasteiger partial charge is 0.410 e. The van der Waals surface area contributed by atoms with Gasteiger partial charge in [0, 0.05) is 18.5 Å². The standard InChI is InChI=1S/C19H25NO2/c1-14-5-6-16-15(13-14)7-8-19(16)9-11-20(12-10-19)17(21)22-18(2,3)4/h5-8,13H,9-12H2,1-4H3. The molecule has 1 fully saturated rings. The van der Waals surface area contributed by atoms with E-state index in [1.165, 1.54) is 16.7 Å². The lowest BCUT2D eigenvalue weighted by Gasteiger charge is -2.39.